The Hall–Kier alpha value is -2.99. The summed E-state index contributed by atoms with van der Waals surface area (Å²) in [6.07, 6.45) is 4.11. The van der Waals surface area contributed by atoms with E-state index in [0.29, 0.717) is 41.3 Å². The van der Waals surface area contributed by atoms with Gasteiger partial charge in [0.15, 0.2) is 0 Å². The zero-order valence-electron chi connectivity index (χ0n) is 20.8. The number of methoxy groups -OCH3 is 2. The fourth-order valence-corrected chi connectivity index (χ4v) is 4.95. The molecule has 1 aliphatic rings. The first-order valence-corrected chi connectivity index (χ1v) is 12.6. The van der Waals surface area contributed by atoms with Crippen molar-refractivity contribution < 1.29 is 19.0 Å². The zero-order chi connectivity index (χ0) is 24.9. The second kappa shape index (κ2) is 11.2. The van der Waals surface area contributed by atoms with Gasteiger partial charge >= 0.3 is 0 Å². The fourth-order valence-electron chi connectivity index (χ4n) is 4.74. The lowest BCUT2D eigenvalue weighted by Gasteiger charge is -2.36. The molecule has 0 N–H and O–H groups in total. The quantitative estimate of drug-likeness (QED) is 0.332. The van der Waals surface area contributed by atoms with E-state index in [1.807, 2.05) is 36.1 Å². The number of carbonyl (C=O) groups excluding carboxylic acids is 1. The van der Waals surface area contributed by atoms with Crippen LogP contribution in [0.1, 0.15) is 55.5 Å². The van der Waals surface area contributed by atoms with Gasteiger partial charge in [0.1, 0.15) is 22.4 Å². The molecule has 6 nitrogen and oxygen atoms in total. The van der Waals surface area contributed by atoms with Gasteiger partial charge in [-0.25, -0.2) is 4.98 Å². The van der Waals surface area contributed by atoms with Crippen molar-refractivity contribution in [2.75, 3.05) is 20.8 Å². The number of carbonyl (C=O) groups is 1. The van der Waals surface area contributed by atoms with Gasteiger partial charge in [-0.1, -0.05) is 18.5 Å². The SMILES string of the molecule is CCOc1ccc2nc(Cl)c(CN(C(=O)c3cc(OC)cc(OC)c3)C3CCC(C)CC3)cc2c1. The van der Waals surface area contributed by atoms with Crippen LogP contribution in [0.15, 0.2) is 42.5 Å². The van der Waals surface area contributed by atoms with E-state index in [1.165, 1.54) is 0 Å². The summed E-state index contributed by atoms with van der Waals surface area (Å²) < 4.78 is 16.5. The van der Waals surface area contributed by atoms with Crippen LogP contribution in [0.3, 0.4) is 0 Å². The molecule has 1 aliphatic carbocycles. The fraction of sp³-hybridized carbons (Fsp3) is 0.429. The van der Waals surface area contributed by atoms with Gasteiger partial charge in [0.25, 0.3) is 5.91 Å². The van der Waals surface area contributed by atoms with Gasteiger partial charge in [-0.2, -0.15) is 0 Å². The van der Waals surface area contributed by atoms with Crippen LogP contribution in [0.5, 0.6) is 17.2 Å². The van der Waals surface area contributed by atoms with Crippen LogP contribution in [0, 0.1) is 5.92 Å². The molecular weight excluding hydrogens is 464 g/mol. The van der Waals surface area contributed by atoms with Crippen molar-refractivity contribution in [2.24, 2.45) is 5.92 Å². The Bertz CT molecular complexity index is 1170. The molecule has 35 heavy (non-hydrogen) atoms. The van der Waals surface area contributed by atoms with E-state index >= 15 is 0 Å². The summed E-state index contributed by atoms with van der Waals surface area (Å²) in [4.78, 5) is 20.5. The number of amides is 1. The van der Waals surface area contributed by atoms with E-state index in [-0.39, 0.29) is 11.9 Å². The molecular formula is C28H33ClN2O4. The van der Waals surface area contributed by atoms with Crippen molar-refractivity contribution in [2.45, 2.75) is 52.1 Å². The minimum absolute atomic E-state index is 0.0685. The molecule has 4 rings (SSSR count). The number of hydrogen-bond donors (Lipinski definition) is 0. The Balaban J connectivity index is 1.71. The van der Waals surface area contributed by atoms with Gasteiger partial charge in [-0.3, -0.25) is 4.79 Å². The molecule has 0 bridgehead atoms. The number of aromatic nitrogens is 1. The number of ether oxygens (including phenoxy) is 3. The Kier molecular flexibility index (Phi) is 8.01. The average Bonchev–Trinajstić information content (AvgIpc) is 2.87. The molecule has 0 unspecified atom stereocenters. The molecule has 186 valence electrons. The monoisotopic (exact) mass is 496 g/mol. The van der Waals surface area contributed by atoms with Crippen LogP contribution in [-0.4, -0.2) is 42.7 Å². The largest absolute Gasteiger partial charge is 0.497 e. The van der Waals surface area contributed by atoms with Crippen molar-refractivity contribution in [3.8, 4) is 17.2 Å². The van der Waals surface area contributed by atoms with Crippen LogP contribution in [0.4, 0.5) is 0 Å². The number of benzene rings is 2. The molecule has 3 aromatic rings. The average molecular weight is 497 g/mol. The van der Waals surface area contributed by atoms with Crippen LogP contribution in [0.2, 0.25) is 5.15 Å². The lowest BCUT2D eigenvalue weighted by atomic mass is 9.86. The third-order valence-electron chi connectivity index (χ3n) is 6.75. The summed E-state index contributed by atoms with van der Waals surface area (Å²) in [6, 6.07) is 13.2. The second-order valence-electron chi connectivity index (χ2n) is 9.17. The Morgan fingerprint density at radius 3 is 2.31 bits per heavy atom. The number of rotatable bonds is 8. The van der Waals surface area contributed by atoms with Gasteiger partial charge in [-0.15, -0.1) is 0 Å². The number of hydrogen-bond acceptors (Lipinski definition) is 5. The maximum absolute atomic E-state index is 13.9. The minimum atomic E-state index is -0.0685. The van der Waals surface area contributed by atoms with E-state index in [2.05, 4.69) is 11.9 Å². The Labute approximate surface area is 212 Å². The number of nitrogens with zero attached hydrogens (tertiary/aromatic N) is 2. The van der Waals surface area contributed by atoms with Gasteiger partial charge in [0.05, 0.1) is 26.3 Å². The molecule has 2 aromatic carbocycles. The molecule has 0 radical (unpaired) electrons. The van der Waals surface area contributed by atoms with Crippen molar-refractivity contribution in [3.05, 3.63) is 58.7 Å². The highest BCUT2D eigenvalue weighted by Gasteiger charge is 2.29. The van der Waals surface area contributed by atoms with Crippen molar-refractivity contribution in [1.82, 2.24) is 9.88 Å². The third-order valence-corrected chi connectivity index (χ3v) is 7.08. The molecule has 7 heteroatoms. The summed E-state index contributed by atoms with van der Waals surface area (Å²) in [5.74, 6) is 2.55. The Morgan fingerprint density at radius 2 is 1.69 bits per heavy atom. The minimum Gasteiger partial charge on any atom is -0.497 e. The molecule has 0 spiro atoms. The normalized spacial score (nSPS) is 17.7. The summed E-state index contributed by atoms with van der Waals surface area (Å²) in [6.45, 7) is 5.19. The smallest absolute Gasteiger partial charge is 0.254 e. The summed E-state index contributed by atoms with van der Waals surface area (Å²) in [5.41, 5.74) is 2.14. The summed E-state index contributed by atoms with van der Waals surface area (Å²) >= 11 is 6.64. The highest BCUT2D eigenvalue weighted by atomic mass is 35.5. The van der Waals surface area contributed by atoms with Crippen LogP contribution < -0.4 is 14.2 Å². The van der Waals surface area contributed by atoms with Crippen LogP contribution in [-0.2, 0) is 6.54 Å². The predicted molar refractivity (Wildman–Crippen MR) is 139 cm³/mol. The van der Waals surface area contributed by atoms with E-state index in [1.54, 1.807) is 32.4 Å². The van der Waals surface area contributed by atoms with Gasteiger partial charge < -0.3 is 19.1 Å². The Morgan fingerprint density at radius 1 is 1.00 bits per heavy atom. The first kappa shape index (κ1) is 25.1. The standard InChI is InChI=1S/C28H33ClN2O4/c1-5-35-23-10-11-26-19(13-23)12-21(27(29)30-26)17-31(22-8-6-18(2)7-9-22)28(32)20-14-24(33-3)16-25(15-20)34-4/h10-16,18,22H,5-9,17H2,1-4H3. The van der Waals surface area contributed by atoms with Gasteiger partial charge in [0.2, 0.25) is 0 Å². The number of pyridine rings is 1. The molecule has 0 saturated heterocycles. The molecule has 0 atom stereocenters. The van der Waals surface area contributed by atoms with E-state index in [9.17, 15) is 4.79 Å². The number of halogens is 1. The van der Waals surface area contributed by atoms with Crippen molar-refractivity contribution in [1.29, 1.82) is 0 Å². The van der Waals surface area contributed by atoms with Gasteiger partial charge in [0, 0.05) is 35.2 Å². The molecule has 1 aromatic heterocycles. The highest BCUT2D eigenvalue weighted by Crippen LogP contribution is 2.32. The van der Waals surface area contributed by atoms with Crippen LogP contribution in [0.25, 0.3) is 10.9 Å². The first-order valence-electron chi connectivity index (χ1n) is 12.2. The zero-order valence-corrected chi connectivity index (χ0v) is 21.6. The summed E-state index contributed by atoms with van der Waals surface area (Å²) in [7, 11) is 3.17. The first-order chi connectivity index (χ1) is 16.9. The molecule has 1 saturated carbocycles. The summed E-state index contributed by atoms with van der Waals surface area (Å²) in [5, 5.41) is 1.34. The second-order valence-corrected chi connectivity index (χ2v) is 9.53. The van der Waals surface area contributed by atoms with Crippen LogP contribution >= 0.6 is 11.6 Å². The molecule has 1 fully saturated rings. The lowest BCUT2D eigenvalue weighted by molar-refractivity contribution is 0.0592. The van der Waals surface area contributed by atoms with E-state index in [4.69, 9.17) is 25.8 Å². The molecule has 1 heterocycles. The van der Waals surface area contributed by atoms with Gasteiger partial charge in [-0.05, 0) is 74.9 Å². The third kappa shape index (κ3) is 5.81. The highest BCUT2D eigenvalue weighted by molar-refractivity contribution is 6.30. The van der Waals surface area contributed by atoms with E-state index < -0.39 is 0 Å². The maximum Gasteiger partial charge on any atom is 0.254 e. The topological polar surface area (TPSA) is 60.9 Å². The molecule has 0 aliphatic heterocycles. The van der Waals surface area contributed by atoms with E-state index in [0.717, 1.165) is 47.9 Å². The maximum atomic E-state index is 13.9. The number of fused-ring (bicyclic) bond motifs is 1. The predicted octanol–water partition coefficient (Wildman–Crippen LogP) is 6.53. The molecule has 1 amide bonds. The van der Waals surface area contributed by atoms with Crippen molar-refractivity contribution >= 4 is 28.4 Å². The van der Waals surface area contributed by atoms with Crippen molar-refractivity contribution in [3.63, 3.8) is 0 Å². The lowest BCUT2D eigenvalue weighted by Crippen LogP contribution is -2.42.